The van der Waals surface area contributed by atoms with Crippen molar-refractivity contribution in [3.8, 4) is 0 Å². The molecule has 0 saturated heterocycles. The SMILES string of the molecule is C[Si](C)(C)CCOCn1cnc2ccc([C@H](NC(=O)CCC(F)(F)F)C3CC3)cc21. The lowest BCUT2D eigenvalue weighted by Crippen LogP contribution is -2.30. The molecule has 1 aromatic heterocycles. The summed E-state index contributed by atoms with van der Waals surface area (Å²) in [7, 11) is -1.16. The molecule has 0 unspecified atom stereocenters. The maximum atomic E-state index is 12.4. The summed E-state index contributed by atoms with van der Waals surface area (Å²) in [6.45, 7) is 8.01. The summed E-state index contributed by atoms with van der Waals surface area (Å²) in [4.78, 5) is 16.5. The summed E-state index contributed by atoms with van der Waals surface area (Å²) in [6.07, 6.45) is -2.32. The Morgan fingerprint density at radius 3 is 2.70 bits per heavy atom. The molecule has 1 aliphatic rings. The molecule has 1 fully saturated rings. The summed E-state index contributed by atoms with van der Waals surface area (Å²) < 4.78 is 45.0. The van der Waals surface area contributed by atoms with E-state index in [1.165, 1.54) is 0 Å². The molecule has 9 heteroatoms. The van der Waals surface area contributed by atoms with Crippen LogP contribution in [0.5, 0.6) is 0 Å². The molecule has 5 nitrogen and oxygen atoms in total. The Kier molecular flexibility index (Phi) is 6.91. The number of carbonyl (C=O) groups is 1. The van der Waals surface area contributed by atoms with Crippen molar-refractivity contribution in [2.75, 3.05) is 6.61 Å². The molecule has 2 aromatic rings. The fourth-order valence-corrected chi connectivity index (χ4v) is 4.07. The van der Waals surface area contributed by atoms with Crippen LogP contribution in [0.25, 0.3) is 11.0 Å². The van der Waals surface area contributed by atoms with Crippen LogP contribution < -0.4 is 5.32 Å². The monoisotopic (exact) mass is 441 g/mol. The van der Waals surface area contributed by atoms with Gasteiger partial charge in [-0.3, -0.25) is 4.79 Å². The van der Waals surface area contributed by atoms with E-state index in [9.17, 15) is 18.0 Å². The van der Waals surface area contributed by atoms with Crippen molar-refractivity contribution in [1.29, 1.82) is 0 Å². The number of alkyl halides is 3. The van der Waals surface area contributed by atoms with Gasteiger partial charge in [0.25, 0.3) is 0 Å². The summed E-state index contributed by atoms with van der Waals surface area (Å²) in [5.74, 6) is -0.297. The lowest BCUT2D eigenvalue weighted by atomic mass is 10.0. The number of nitrogens with one attached hydrogen (secondary N) is 1. The minimum atomic E-state index is -4.33. The lowest BCUT2D eigenvalue weighted by molar-refractivity contribution is -0.144. The van der Waals surface area contributed by atoms with Gasteiger partial charge in [0.05, 0.1) is 29.8 Å². The molecule has 1 saturated carbocycles. The Morgan fingerprint density at radius 1 is 1.33 bits per heavy atom. The van der Waals surface area contributed by atoms with Gasteiger partial charge in [0, 0.05) is 21.1 Å². The first kappa shape index (κ1) is 22.8. The van der Waals surface area contributed by atoms with Crippen molar-refractivity contribution < 1.29 is 22.7 Å². The summed E-state index contributed by atoms with van der Waals surface area (Å²) >= 11 is 0. The fraction of sp³-hybridized carbons (Fsp3) is 0.619. The number of ether oxygens (including phenoxy) is 1. The number of fused-ring (bicyclic) bond motifs is 1. The molecular formula is C21H30F3N3O2Si. The summed E-state index contributed by atoms with van der Waals surface area (Å²) in [5.41, 5.74) is 2.62. The molecule has 166 valence electrons. The highest BCUT2D eigenvalue weighted by Gasteiger charge is 2.35. The van der Waals surface area contributed by atoms with E-state index in [4.69, 9.17) is 4.74 Å². The van der Waals surface area contributed by atoms with Crippen molar-refractivity contribution in [3.05, 3.63) is 30.1 Å². The van der Waals surface area contributed by atoms with Crippen LogP contribution in [0.4, 0.5) is 13.2 Å². The van der Waals surface area contributed by atoms with E-state index in [0.29, 0.717) is 13.3 Å². The quantitative estimate of drug-likeness (QED) is 0.404. The van der Waals surface area contributed by atoms with Crippen LogP contribution >= 0.6 is 0 Å². The van der Waals surface area contributed by atoms with Gasteiger partial charge in [0.1, 0.15) is 6.73 Å². The van der Waals surface area contributed by atoms with Gasteiger partial charge >= 0.3 is 6.18 Å². The number of hydrogen-bond donors (Lipinski definition) is 1. The molecule has 1 aromatic carbocycles. The third kappa shape index (κ3) is 6.83. The topological polar surface area (TPSA) is 56.1 Å². The Labute approximate surface area is 176 Å². The Bertz CT molecular complexity index is 872. The number of nitrogens with zero attached hydrogens (tertiary/aromatic N) is 2. The molecule has 0 spiro atoms. The van der Waals surface area contributed by atoms with Crippen molar-refractivity contribution in [2.45, 2.75) is 70.3 Å². The maximum absolute atomic E-state index is 12.4. The predicted molar refractivity (Wildman–Crippen MR) is 113 cm³/mol. The third-order valence-electron chi connectivity index (χ3n) is 5.28. The Morgan fingerprint density at radius 2 is 2.07 bits per heavy atom. The first-order valence-electron chi connectivity index (χ1n) is 10.4. The van der Waals surface area contributed by atoms with E-state index in [-0.39, 0.29) is 12.0 Å². The van der Waals surface area contributed by atoms with E-state index >= 15 is 0 Å². The second-order valence-electron chi connectivity index (χ2n) is 9.31. The van der Waals surface area contributed by atoms with Gasteiger partial charge in [0.15, 0.2) is 0 Å². The van der Waals surface area contributed by atoms with E-state index in [2.05, 4.69) is 29.9 Å². The van der Waals surface area contributed by atoms with Crippen LogP contribution in [0.1, 0.15) is 37.3 Å². The van der Waals surface area contributed by atoms with E-state index in [0.717, 1.165) is 35.5 Å². The highest BCUT2D eigenvalue weighted by Crippen LogP contribution is 2.41. The van der Waals surface area contributed by atoms with Crippen LogP contribution in [0.2, 0.25) is 25.7 Å². The molecule has 30 heavy (non-hydrogen) atoms. The number of aromatic nitrogens is 2. The van der Waals surface area contributed by atoms with Gasteiger partial charge in [-0.1, -0.05) is 25.7 Å². The predicted octanol–water partition coefficient (Wildman–Crippen LogP) is 5.26. The van der Waals surface area contributed by atoms with Gasteiger partial charge < -0.3 is 14.6 Å². The maximum Gasteiger partial charge on any atom is 0.389 e. The zero-order valence-electron chi connectivity index (χ0n) is 17.8. The second kappa shape index (κ2) is 9.09. The molecule has 3 rings (SSSR count). The van der Waals surface area contributed by atoms with Gasteiger partial charge in [0.2, 0.25) is 5.91 Å². The fourth-order valence-electron chi connectivity index (χ4n) is 3.32. The molecule has 1 amide bonds. The van der Waals surface area contributed by atoms with Gasteiger partial charge in [-0.2, -0.15) is 13.2 Å². The number of halogens is 3. The van der Waals surface area contributed by atoms with Crippen LogP contribution in [-0.4, -0.2) is 36.3 Å². The summed E-state index contributed by atoms with van der Waals surface area (Å²) in [6, 6.07) is 6.57. The summed E-state index contributed by atoms with van der Waals surface area (Å²) in [5, 5.41) is 2.82. The molecule has 1 heterocycles. The number of rotatable bonds is 10. The minimum absolute atomic E-state index is 0.265. The molecule has 1 aliphatic carbocycles. The molecular weight excluding hydrogens is 411 g/mol. The highest BCUT2D eigenvalue weighted by molar-refractivity contribution is 6.76. The first-order valence-corrected chi connectivity index (χ1v) is 14.1. The van der Waals surface area contributed by atoms with Gasteiger partial charge in [-0.15, -0.1) is 0 Å². The van der Waals surface area contributed by atoms with Gasteiger partial charge in [-0.25, -0.2) is 4.98 Å². The van der Waals surface area contributed by atoms with E-state index in [1.807, 2.05) is 22.8 Å². The number of imidazole rings is 1. The smallest absolute Gasteiger partial charge is 0.361 e. The number of amides is 1. The molecule has 0 aliphatic heterocycles. The number of carbonyl (C=O) groups excluding carboxylic acids is 1. The molecule has 1 atom stereocenters. The van der Waals surface area contributed by atoms with Crippen molar-refractivity contribution in [3.63, 3.8) is 0 Å². The van der Waals surface area contributed by atoms with Crippen LogP contribution in [0.15, 0.2) is 24.5 Å². The van der Waals surface area contributed by atoms with E-state index in [1.54, 1.807) is 6.33 Å². The minimum Gasteiger partial charge on any atom is -0.361 e. The zero-order chi connectivity index (χ0) is 21.9. The number of benzene rings is 1. The average molecular weight is 442 g/mol. The van der Waals surface area contributed by atoms with Crippen LogP contribution in [0, 0.1) is 5.92 Å². The van der Waals surface area contributed by atoms with Crippen molar-refractivity contribution in [2.24, 2.45) is 5.92 Å². The van der Waals surface area contributed by atoms with E-state index < -0.39 is 33.0 Å². The van der Waals surface area contributed by atoms with Crippen LogP contribution in [-0.2, 0) is 16.3 Å². The normalized spacial score (nSPS) is 16.1. The molecule has 0 bridgehead atoms. The van der Waals surface area contributed by atoms with Gasteiger partial charge in [-0.05, 0) is 42.5 Å². The molecule has 1 N–H and O–H groups in total. The third-order valence-corrected chi connectivity index (χ3v) is 6.98. The highest BCUT2D eigenvalue weighted by atomic mass is 28.3. The second-order valence-corrected chi connectivity index (χ2v) is 14.9. The first-order chi connectivity index (χ1) is 14.0. The average Bonchev–Trinajstić information content (AvgIpc) is 3.40. The van der Waals surface area contributed by atoms with Crippen molar-refractivity contribution >= 4 is 25.0 Å². The largest absolute Gasteiger partial charge is 0.389 e. The zero-order valence-corrected chi connectivity index (χ0v) is 18.8. The Balaban J connectivity index is 1.68. The lowest BCUT2D eigenvalue weighted by Gasteiger charge is -2.20. The molecule has 0 radical (unpaired) electrons. The Hall–Kier alpha value is -1.87. The van der Waals surface area contributed by atoms with Crippen molar-refractivity contribution in [1.82, 2.24) is 14.9 Å². The standard InChI is InChI=1S/C21H30F3N3O2Si/c1-30(2,3)11-10-29-14-27-13-25-17-7-6-16(12-18(17)27)20(15-4-5-15)26-19(28)8-9-21(22,23)24/h6-7,12-13,15,20H,4-5,8-11,14H2,1-3H3,(H,26,28)/t20-/m1/s1. The number of hydrogen-bond acceptors (Lipinski definition) is 3. The van der Waals surface area contributed by atoms with Crippen LogP contribution in [0.3, 0.4) is 0 Å².